The van der Waals surface area contributed by atoms with Gasteiger partial charge in [-0.25, -0.2) is 15.0 Å². The molecule has 43 heavy (non-hydrogen) atoms. The molecule has 0 saturated carbocycles. The highest BCUT2D eigenvalue weighted by Crippen LogP contribution is 2.32. The summed E-state index contributed by atoms with van der Waals surface area (Å²) in [5.74, 6) is -0.940. The molecular formula is C28H30Cl2F3N9O. The lowest BCUT2D eigenvalue weighted by molar-refractivity contribution is -0.0884. The van der Waals surface area contributed by atoms with Crippen LogP contribution in [0.4, 0.5) is 30.8 Å². The van der Waals surface area contributed by atoms with E-state index in [-0.39, 0.29) is 11.7 Å². The maximum Gasteiger partial charge on any atom is 0.455 e. The molecule has 4 heterocycles. The van der Waals surface area contributed by atoms with Gasteiger partial charge in [0.05, 0.1) is 16.3 Å². The summed E-state index contributed by atoms with van der Waals surface area (Å²) in [7, 11) is 0. The minimum absolute atomic E-state index is 0.216. The Kier molecular flexibility index (Phi) is 8.95. The van der Waals surface area contributed by atoms with Crippen molar-refractivity contribution in [3.05, 3.63) is 57.8 Å². The third-order valence-electron chi connectivity index (χ3n) is 7.31. The first-order chi connectivity index (χ1) is 20.4. The minimum atomic E-state index is -5.04. The number of ketones is 1. The van der Waals surface area contributed by atoms with Gasteiger partial charge in [-0.05, 0) is 70.1 Å². The van der Waals surface area contributed by atoms with Crippen molar-refractivity contribution < 1.29 is 18.0 Å². The van der Waals surface area contributed by atoms with Gasteiger partial charge in [-0.3, -0.25) is 4.79 Å². The summed E-state index contributed by atoms with van der Waals surface area (Å²) in [4.78, 5) is 27.5. The van der Waals surface area contributed by atoms with E-state index < -0.39 is 23.3 Å². The molecule has 0 spiro atoms. The summed E-state index contributed by atoms with van der Waals surface area (Å²) in [6.07, 6.45) is -3.13. The van der Waals surface area contributed by atoms with Crippen LogP contribution in [-0.4, -0.2) is 73.6 Å². The molecule has 0 aliphatic carbocycles. The van der Waals surface area contributed by atoms with Crippen molar-refractivity contribution in [2.24, 2.45) is 0 Å². The maximum absolute atomic E-state index is 12.8. The van der Waals surface area contributed by atoms with E-state index in [1.54, 1.807) is 22.7 Å². The first-order valence-corrected chi connectivity index (χ1v) is 14.5. The summed E-state index contributed by atoms with van der Waals surface area (Å²) in [5, 5.41) is 12.0. The van der Waals surface area contributed by atoms with Gasteiger partial charge in [0.2, 0.25) is 5.95 Å². The fraction of sp³-hybridized carbons (Fsp3) is 0.393. The zero-order chi connectivity index (χ0) is 30.9. The number of likely N-dealkylation sites (tertiary alicyclic amines) is 1. The van der Waals surface area contributed by atoms with Gasteiger partial charge in [0, 0.05) is 41.7 Å². The molecule has 1 aromatic carbocycles. The topological polar surface area (TPSA) is 126 Å². The average Bonchev–Trinajstić information content (AvgIpc) is 3.39. The average molecular weight is 637 g/mol. The molecule has 0 amide bonds. The van der Waals surface area contributed by atoms with Gasteiger partial charge in [0.25, 0.3) is 5.78 Å². The standard InChI is InChI=1S/C28H30Cl2F3N9O/c1-15(2)41-11-7-16(8-12-41)26-39-23-14-21(18-4-3-17(29)13-20(18)30)37-27(42(23)40-26)36-10-9-35-22-6-5-19(25(34)38-22)24(43)28(31,32)33/h3-6,13-16H,7-12H2,1-2H3,(H,36,37)(H3,34,35,38). The molecule has 4 aromatic rings. The second kappa shape index (κ2) is 12.5. The molecule has 1 saturated heterocycles. The van der Waals surface area contributed by atoms with Crippen LogP contribution >= 0.6 is 23.2 Å². The third kappa shape index (κ3) is 6.94. The predicted molar refractivity (Wildman–Crippen MR) is 161 cm³/mol. The number of nitrogens with zero attached hydrogens (tertiary/aromatic N) is 6. The Bertz CT molecular complexity index is 1640. The Morgan fingerprint density at radius 3 is 2.42 bits per heavy atom. The van der Waals surface area contributed by atoms with Crippen LogP contribution in [0, 0.1) is 0 Å². The number of carbonyl (C=O) groups excluding carboxylic acids is 1. The molecule has 1 aliphatic rings. The van der Waals surface area contributed by atoms with Crippen LogP contribution in [0.5, 0.6) is 0 Å². The number of nitrogens with one attached hydrogen (secondary N) is 2. The van der Waals surface area contributed by atoms with E-state index in [1.165, 1.54) is 6.07 Å². The highest BCUT2D eigenvalue weighted by Gasteiger charge is 2.40. The third-order valence-corrected chi connectivity index (χ3v) is 7.86. The minimum Gasteiger partial charge on any atom is -0.383 e. The summed E-state index contributed by atoms with van der Waals surface area (Å²) in [6.45, 7) is 6.96. The first-order valence-electron chi connectivity index (χ1n) is 13.7. The van der Waals surface area contributed by atoms with Crippen LogP contribution in [0.1, 0.15) is 48.8 Å². The van der Waals surface area contributed by atoms with E-state index in [0.717, 1.165) is 37.8 Å². The van der Waals surface area contributed by atoms with Crippen molar-refractivity contribution in [1.82, 2.24) is 29.5 Å². The number of halogens is 5. The first kappa shape index (κ1) is 30.8. The molecule has 3 aromatic heterocycles. The number of fused-ring (bicyclic) bond motifs is 1. The molecule has 0 radical (unpaired) electrons. The normalized spacial score (nSPS) is 14.9. The number of anilines is 3. The van der Waals surface area contributed by atoms with Crippen LogP contribution in [0.2, 0.25) is 10.0 Å². The van der Waals surface area contributed by atoms with Crippen molar-refractivity contribution in [3.63, 3.8) is 0 Å². The Balaban J connectivity index is 1.35. The van der Waals surface area contributed by atoms with Crippen LogP contribution in [0.3, 0.4) is 0 Å². The van der Waals surface area contributed by atoms with Crippen LogP contribution in [0.25, 0.3) is 16.9 Å². The predicted octanol–water partition coefficient (Wildman–Crippen LogP) is 5.93. The largest absolute Gasteiger partial charge is 0.455 e. The lowest BCUT2D eigenvalue weighted by Crippen LogP contribution is -2.38. The number of carbonyl (C=O) groups is 1. The van der Waals surface area contributed by atoms with Gasteiger partial charge >= 0.3 is 6.18 Å². The van der Waals surface area contributed by atoms with E-state index in [0.29, 0.717) is 52.0 Å². The molecule has 4 N–H and O–H groups in total. The Hall–Kier alpha value is -3.68. The fourth-order valence-electron chi connectivity index (χ4n) is 4.99. The van der Waals surface area contributed by atoms with Gasteiger partial charge in [-0.2, -0.15) is 17.7 Å². The summed E-state index contributed by atoms with van der Waals surface area (Å²) in [6, 6.07) is 9.75. The molecular weight excluding hydrogens is 606 g/mol. The lowest BCUT2D eigenvalue weighted by Gasteiger charge is -2.33. The summed E-state index contributed by atoms with van der Waals surface area (Å²) >= 11 is 12.6. The van der Waals surface area contributed by atoms with Crippen molar-refractivity contribution in [2.45, 2.75) is 44.8 Å². The molecule has 10 nitrogen and oxygen atoms in total. The Morgan fingerprint density at radius 2 is 1.77 bits per heavy atom. The number of alkyl halides is 3. The monoisotopic (exact) mass is 635 g/mol. The van der Waals surface area contributed by atoms with Crippen molar-refractivity contribution in [2.75, 3.05) is 42.5 Å². The van der Waals surface area contributed by atoms with Gasteiger partial charge in [-0.15, -0.1) is 5.10 Å². The van der Waals surface area contributed by atoms with Crippen LogP contribution < -0.4 is 16.4 Å². The molecule has 0 bridgehead atoms. The molecule has 15 heteroatoms. The smallest absolute Gasteiger partial charge is 0.383 e. The number of pyridine rings is 1. The second-order valence-corrected chi connectivity index (χ2v) is 11.4. The van der Waals surface area contributed by atoms with Gasteiger partial charge in [0.1, 0.15) is 11.6 Å². The number of hydrogen-bond donors (Lipinski definition) is 3. The zero-order valence-electron chi connectivity index (χ0n) is 23.4. The fourth-order valence-corrected chi connectivity index (χ4v) is 5.49. The molecule has 0 atom stereocenters. The highest BCUT2D eigenvalue weighted by atomic mass is 35.5. The highest BCUT2D eigenvalue weighted by molar-refractivity contribution is 6.36. The number of Topliss-reactive ketones (excluding diaryl/α,β-unsaturated/α-hetero) is 1. The molecule has 1 fully saturated rings. The van der Waals surface area contributed by atoms with E-state index in [9.17, 15) is 18.0 Å². The lowest BCUT2D eigenvalue weighted by atomic mass is 9.95. The SMILES string of the molecule is CC(C)N1CCC(c2nc3cc(-c4ccc(Cl)cc4Cl)nc(NCCNc4ccc(C(=O)C(F)(F)F)c(N)n4)n3n2)CC1. The number of nitrogens with two attached hydrogens (primary N) is 1. The van der Waals surface area contributed by atoms with Gasteiger partial charge in [0.15, 0.2) is 11.5 Å². The van der Waals surface area contributed by atoms with Crippen LogP contribution in [0.15, 0.2) is 36.4 Å². The Morgan fingerprint density at radius 1 is 1.05 bits per heavy atom. The number of hydrogen-bond acceptors (Lipinski definition) is 9. The van der Waals surface area contributed by atoms with E-state index >= 15 is 0 Å². The van der Waals surface area contributed by atoms with Gasteiger partial charge in [-0.1, -0.05) is 23.2 Å². The Labute approximate surface area is 255 Å². The van der Waals surface area contributed by atoms with Crippen molar-refractivity contribution in [3.8, 4) is 11.3 Å². The molecule has 228 valence electrons. The number of benzene rings is 1. The number of aromatic nitrogens is 5. The summed E-state index contributed by atoms with van der Waals surface area (Å²) < 4.78 is 40.0. The second-order valence-electron chi connectivity index (χ2n) is 10.5. The van der Waals surface area contributed by atoms with E-state index in [4.69, 9.17) is 44.0 Å². The van der Waals surface area contributed by atoms with Crippen molar-refractivity contribution >= 4 is 52.2 Å². The molecule has 0 unspecified atom stereocenters. The molecule has 5 rings (SSSR count). The number of piperidine rings is 1. The maximum atomic E-state index is 12.8. The molecule has 1 aliphatic heterocycles. The quantitative estimate of drug-likeness (QED) is 0.151. The number of nitrogen functional groups attached to an aromatic ring is 1. The van der Waals surface area contributed by atoms with Gasteiger partial charge < -0.3 is 21.3 Å². The van der Waals surface area contributed by atoms with Crippen LogP contribution in [-0.2, 0) is 0 Å². The zero-order valence-corrected chi connectivity index (χ0v) is 24.9. The van der Waals surface area contributed by atoms with E-state index in [2.05, 4.69) is 34.4 Å². The van der Waals surface area contributed by atoms with E-state index in [1.807, 2.05) is 6.07 Å². The van der Waals surface area contributed by atoms with Crippen molar-refractivity contribution in [1.29, 1.82) is 0 Å². The number of rotatable bonds is 9. The summed E-state index contributed by atoms with van der Waals surface area (Å²) in [5.41, 5.74) is 6.78.